The number of fused-ring (bicyclic) bond motifs is 1. The van der Waals surface area contributed by atoms with Crippen LogP contribution in [0.4, 0.5) is 0 Å². The van der Waals surface area contributed by atoms with E-state index in [9.17, 15) is 0 Å². The molecule has 32 valence electrons. The lowest BCUT2D eigenvalue weighted by Gasteiger charge is -2.13. The maximum Gasteiger partial charge on any atom is 0.120 e. The molecular formula is C5H6O. The molecule has 0 aromatic carbocycles. The zero-order chi connectivity index (χ0) is 3.98. The molecule has 1 heteroatoms. The third-order valence-electron chi connectivity index (χ3n) is 1.35. The van der Waals surface area contributed by atoms with Crippen molar-refractivity contribution in [1.29, 1.82) is 0 Å². The minimum Gasteiger partial charge on any atom is -0.491 e. The highest BCUT2D eigenvalue weighted by atomic mass is 16.5. The Labute approximate surface area is 36.6 Å². The first-order chi connectivity index (χ1) is 2.95. The second-order valence-electron chi connectivity index (χ2n) is 1.83. The molecule has 0 aromatic rings. The van der Waals surface area contributed by atoms with Crippen LogP contribution in [0.3, 0.4) is 0 Å². The van der Waals surface area contributed by atoms with Crippen LogP contribution in [0.15, 0.2) is 11.8 Å². The number of hydrogen-bond donors (Lipinski definition) is 0. The first kappa shape index (κ1) is 2.67. The van der Waals surface area contributed by atoms with Gasteiger partial charge in [-0.15, -0.1) is 0 Å². The van der Waals surface area contributed by atoms with Crippen molar-refractivity contribution in [2.24, 2.45) is 0 Å². The van der Waals surface area contributed by atoms with E-state index >= 15 is 0 Å². The van der Waals surface area contributed by atoms with Gasteiger partial charge < -0.3 is 4.74 Å². The topological polar surface area (TPSA) is 9.23 Å². The van der Waals surface area contributed by atoms with Gasteiger partial charge in [0.05, 0.1) is 5.76 Å². The van der Waals surface area contributed by atoms with E-state index in [4.69, 9.17) is 4.74 Å². The Morgan fingerprint density at radius 2 is 2.67 bits per heavy atom. The highest BCUT2D eigenvalue weighted by molar-refractivity contribution is 5.15. The summed E-state index contributed by atoms with van der Waals surface area (Å²) in [6, 6.07) is 0. The van der Waals surface area contributed by atoms with Crippen LogP contribution in [-0.4, -0.2) is 6.10 Å². The predicted octanol–water partition coefficient (Wildman–Crippen LogP) is 1.06. The standard InChI is InChI=1S/C5H6O/c1-2-5-3-4(1)6-5/h3-4H,1-2H2. The molecule has 0 N–H and O–H groups in total. The fourth-order valence-corrected chi connectivity index (χ4v) is 0.972. The molecule has 1 unspecified atom stereocenters. The van der Waals surface area contributed by atoms with Crippen LogP contribution in [0.5, 0.6) is 0 Å². The summed E-state index contributed by atoms with van der Waals surface area (Å²) in [6.45, 7) is 0. The summed E-state index contributed by atoms with van der Waals surface area (Å²) >= 11 is 0. The van der Waals surface area contributed by atoms with Crippen LogP contribution in [0.1, 0.15) is 12.8 Å². The molecule has 0 spiro atoms. The van der Waals surface area contributed by atoms with Gasteiger partial charge in [0, 0.05) is 6.42 Å². The second-order valence-corrected chi connectivity index (χ2v) is 1.83. The Balaban J connectivity index is 2.39. The van der Waals surface area contributed by atoms with E-state index in [1.807, 2.05) is 0 Å². The fourth-order valence-electron chi connectivity index (χ4n) is 0.972. The van der Waals surface area contributed by atoms with Gasteiger partial charge >= 0.3 is 0 Å². The molecule has 2 heterocycles. The van der Waals surface area contributed by atoms with E-state index in [0.29, 0.717) is 6.10 Å². The van der Waals surface area contributed by atoms with Crippen molar-refractivity contribution in [2.75, 3.05) is 0 Å². The van der Waals surface area contributed by atoms with Crippen LogP contribution in [0.2, 0.25) is 0 Å². The van der Waals surface area contributed by atoms with E-state index < -0.39 is 0 Å². The molecule has 0 amide bonds. The molecule has 6 heavy (non-hydrogen) atoms. The zero-order valence-corrected chi connectivity index (χ0v) is 3.48. The van der Waals surface area contributed by atoms with Gasteiger partial charge in [-0.25, -0.2) is 0 Å². The Hall–Kier alpha value is -0.460. The molecule has 0 saturated carbocycles. The Morgan fingerprint density at radius 3 is 2.83 bits per heavy atom. The van der Waals surface area contributed by atoms with Gasteiger partial charge in [0.1, 0.15) is 6.10 Å². The van der Waals surface area contributed by atoms with Crippen LogP contribution in [0, 0.1) is 0 Å². The van der Waals surface area contributed by atoms with Gasteiger partial charge in [-0.3, -0.25) is 0 Å². The maximum atomic E-state index is 5.11. The Morgan fingerprint density at radius 1 is 1.83 bits per heavy atom. The molecule has 3 rings (SSSR count). The molecule has 1 nitrogen and oxygen atoms in total. The predicted molar refractivity (Wildman–Crippen MR) is 22.2 cm³/mol. The van der Waals surface area contributed by atoms with Gasteiger partial charge in [0.2, 0.25) is 0 Å². The number of hydrogen-bond acceptors (Lipinski definition) is 1. The summed E-state index contributed by atoms with van der Waals surface area (Å²) < 4.78 is 5.11. The highest BCUT2D eigenvalue weighted by Gasteiger charge is 2.27. The molecule has 2 aliphatic heterocycles. The third kappa shape index (κ3) is 0.145. The van der Waals surface area contributed by atoms with Crippen molar-refractivity contribution < 1.29 is 4.74 Å². The monoisotopic (exact) mass is 82.0 g/mol. The second kappa shape index (κ2) is 0.625. The van der Waals surface area contributed by atoms with Crippen molar-refractivity contribution >= 4 is 0 Å². The zero-order valence-electron chi connectivity index (χ0n) is 3.48. The first-order valence-corrected chi connectivity index (χ1v) is 2.32. The number of rotatable bonds is 0. The summed E-state index contributed by atoms with van der Waals surface area (Å²) in [6.07, 6.45) is 5.17. The minimum absolute atomic E-state index is 0.528. The summed E-state index contributed by atoms with van der Waals surface area (Å²) in [4.78, 5) is 0. The third-order valence-corrected chi connectivity index (χ3v) is 1.35. The average Bonchev–Trinajstić information content (AvgIpc) is 1.72. The van der Waals surface area contributed by atoms with Crippen molar-refractivity contribution in [3.63, 3.8) is 0 Å². The van der Waals surface area contributed by atoms with E-state index in [0.717, 1.165) is 0 Å². The van der Waals surface area contributed by atoms with Crippen LogP contribution >= 0.6 is 0 Å². The van der Waals surface area contributed by atoms with Crippen LogP contribution in [-0.2, 0) is 4.74 Å². The largest absolute Gasteiger partial charge is 0.491 e. The first-order valence-electron chi connectivity index (χ1n) is 2.32. The minimum atomic E-state index is 0.528. The summed E-state index contributed by atoms with van der Waals surface area (Å²) in [5, 5.41) is 0. The summed E-state index contributed by atoms with van der Waals surface area (Å²) in [5.74, 6) is 1.22. The van der Waals surface area contributed by atoms with Gasteiger partial charge in [-0.1, -0.05) is 0 Å². The molecule has 0 radical (unpaired) electrons. The van der Waals surface area contributed by atoms with Crippen molar-refractivity contribution in [3.05, 3.63) is 11.8 Å². The van der Waals surface area contributed by atoms with E-state index in [-0.39, 0.29) is 0 Å². The molecule has 1 saturated heterocycles. The molecule has 1 atom stereocenters. The van der Waals surface area contributed by atoms with E-state index in [1.165, 1.54) is 18.6 Å². The fraction of sp³-hybridized carbons (Fsp3) is 0.600. The van der Waals surface area contributed by atoms with Gasteiger partial charge in [0.25, 0.3) is 0 Å². The van der Waals surface area contributed by atoms with Gasteiger partial charge in [0.15, 0.2) is 0 Å². The van der Waals surface area contributed by atoms with Crippen LogP contribution < -0.4 is 0 Å². The lowest BCUT2D eigenvalue weighted by Crippen LogP contribution is -2.06. The maximum absolute atomic E-state index is 5.11. The number of allylic oxidation sites excluding steroid dienone is 1. The summed E-state index contributed by atoms with van der Waals surface area (Å²) in [7, 11) is 0. The molecule has 0 aromatic heterocycles. The molecule has 1 aliphatic carbocycles. The van der Waals surface area contributed by atoms with Gasteiger partial charge in [-0.05, 0) is 12.5 Å². The van der Waals surface area contributed by atoms with Crippen LogP contribution in [0.25, 0.3) is 0 Å². The van der Waals surface area contributed by atoms with Crippen molar-refractivity contribution in [3.8, 4) is 0 Å². The average molecular weight is 82.1 g/mol. The molecule has 3 aliphatic rings. The highest BCUT2D eigenvalue weighted by Crippen LogP contribution is 2.33. The molecule has 2 bridgehead atoms. The van der Waals surface area contributed by atoms with Crippen molar-refractivity contribution in [1.82, 2.24) is 0 Å². The normalized spacial score (nSPS) is 37.3. The smallest absolute Gasteiger partial charge is 0.120 e. The van der Waals surface area contributed by atoms with Crippen molar-refractivity contribution in [2.45, 2.75) is 18.9 Å². The van der Waals surface area contributed by atoms with E-state index in [1.54, 1.807) is 0 Å². The Kier molecular flexibility index (Phi) is 0.278. The molecular weight excluding hydrogens is 76.1 g/mol. The lowest BCUT2D eigenvalue weighted by molar-refractivity contribution is 0.152. The van der Waals surface area contributed by atoms with E-state index in [2.05, 4.69) is 6.08 Å². The SMILES string of the molecule is C1=C2CCC1O2. The van der Waals surface area contributed by atoms with Gasteiger partial charge in [-0.2, -0.15) is 0 Å². The Bertz CT molecular complexity index is 101. The molecule has 1 fully saturated rings. The number of ether oxygens (including phenoxy) is 1. The summed E-state index contributed by atoms with van der Waals surface area (Å²) in [5.41, 5.74) is 0. The quantitative estimate of drug-likeness (QED) is 0.424. The lowest BCUT2D eigenvalue weighted by atomic mass is 10.3.